The molecular weight excluding hydrogens is 366 g/mol. The third-order valence-corrected chi connectivity index (χ3v) is 4.31. The third-order valence-electron chi connectivity index (χ3n) is 3.88. The van der Waals surface area contributed by atoms with Crippen LogP contribution in [0.15, 0.2) is 60.7 Å². The molecule has 27 heavy (non-hydrogen) atoms. The molecule has 0 fully saturated rings. The number of carbonyl (C=O) groups excluding carboxylic acids is 2. The van der Waals surface area contributed by atoms with Gasteiger partial charge in [0.15, 0.2) is 13.2 Å². The van der Waals surface area contributed by atoms with Gasteiger partial charge in [0.2, 0.25) is 0 Å². The van der Waals surface area contributed by atoms with Crippen LogP contribution >= 0.6 is 11.6 Å². The molecule has 3 rings (SSSR count). The van der Waals surface area contributed by atoms with Gasteiger partial charge in [0.05, 0.1) is 0 Å². The summed E-state index contributed by atoms with van der Waals surface area (Å²) in [4.78, 5) is 23.7. The van der Waals surface area contributed by atoms with Gasteiger partial charge in [-0.15, -0.1) is 0 Å². The molecule has 1 N–H and O–H groups in total. The second kappa shape index (κ2) is 8.56. The van der Waals surface area contributed by atoms with Crippen LogP contribution in [0.3, 0.4) is 0 Å². The number of carbonyl (C=O) groups is 2. The van der Waals surface area contributed by atoms with Crippen LogP contribution in [0, 0.1) is 6.92 Å². The molecule has 6 heteroatoms. The van der Waals surface area contributed by atoms with Crippen molar-refractivity contribution in [2.24, 2.45) is 0 Å². The number of ether oxygens (including phenoxy) is 2. The van der Waals surface area contributed by atoms with Crippen LogP contribution < -0.4 is 10.1 Å². The molecule has 0 unspecified atom stereocenters. The number of anilines is 1. The molecule has 0 bridgehead atoms. The molecular formula is C21H18ClNO4. The van der Waals surface area contributed by atoms with Crippen LogP contribution in [0.2, 0.25) is 5.02 Å². The minimum atomic E-state index is -0.628. The van der Waals surface area contributed by atoms with Crippen LogP contribution in [0.5, 0.6) is 5.75 Å². The highest BCUT2D eigenvalue weighted by atomic mass is 35.5. The highest BCUT2D eigenvalue weighted by Gasteiger charge is 2.09. The van der Waals surface area contributed by atoms with Crippen molar-refractivity contribution in [1.82, 2.24) is 0 Å². The number of esters is 1. The van der Waals surface area contributed by atoms with Gasteiger partial charge in [-0.3, -0.25) is 4.79 Å². The lowest BCUT2D eigenvalue weighted by atomic mass is 10.1. The predicted molar refractivity (Wildman–Crippen MR) is 105 cm³/mol. The fraction of sp³-hybridized carbons (Fsp3) is 0.143. The first-order chi connectivity index (χ1) is 13.0. The molecule has 0 saturated heterocycles. The average molecular weight is 384 g/mol. The van der Waals surface area contributed by atoms with Gasteiger partial charge >= 0.3 is 5.97 Å². The average Bonchev–Trinajstić information content (AvgIpc) is 2.67. The Morgan fingerprint density at radius 3 is 2.52 bits per heavy atom. The topological polar surface area (TPSA) is 64.6 Å². The minimum Gasteiger partial charge on any atom is -0.482 e. The summed E-state index contributed by atoms with van der Waals surface area (Å²) in [6, 6.07) is 18.5. The van der Waals surface area contributed by atoms with Gasteiger partial charge in [-0.2, -0.15) is 0 Å². The fourth-order valence-corrected chi connectivity index (χ4v) is 2.62. The monoisotopic (exact) mass is 383 g/mol. The molecule has 3 aromatic rings. The maximum atomic E-state index is 12.0. The standard InChI is InChI=1S/C21H18ClNO4/c1-14-10-18(8-9-19(14)22)26-13-21(25)27-12-20(24)23-17-7-6-15-4-2-3-5-16(15)11-17/h2-11H,12-13H2,1H3,(H,23,24). The second-order valence-electron chi connectivity index (χ2n) is 5.97. The highest BCUT2D eigenvalue weighted by Crippen LogP contribution is 2.21. The molecule has 3 aromatic carbocycles. The van der Waals surface area contributed by atoms with E-state index >= 15 is 0 Å². The molecule has 1 amide bonds. The van der Waals surface area contributed by atoms with E-state index in [1.807, 2.05) is 43.3 Å². The summed E-state index contributed by atoms with van der Waals surface area (Å²) in [6.07, 6.45) is 0. The smallest absolute Gasteiger partial charge is 0.344 e. The van der Waals surface area contributed by atoms with Gasteiger partial charge in [-0.25, -0.2) is 4.79 Å². The van der Waals surface area contributed by atoms with Crippen molar-refractivity contribution >= 4 is 39.9 Å². The number of aryl methyl sites for hydroxylation is 1. The number of hydrogen-bond acceptors (Lipinski definition) is 4. The van der Waals surface area contributed by atoms with Crippen molar-refractivity contribution in [1.29, 1.82) is 0 Å². The molecule has 0 spiro atoms. The van der Waals surface area contributed by atoms with Crippen molar-refractivity contribution in [3.8, 4) is 5.75 Å². The largest absolute Gasteiger partial charge is 0.482 e. The van der Waals surface area contributed by atoms with Gasteiger partial charge in [0.1, 0.15) is 5.75 Å². The van der Waals surface area contributed by atoms with Crippen LogP contribution in [-0.4, -0.2) is 25.1 Å². The van der Waals surface area contributed by atoms with Crippen LogP contribution in [0.25, 0.3) is 10.8 Å². The summed E-state index contributed by atoms with van der Waals surface area (Å²) < 4.78 is 10.3. The zero-order chi connectivity index (χ0) is 19.2. The quantitative estimate of drug-likeness (QED) is 0.642. The molecule has 5 nitrogen and oxygen atoms in total. The van der Waals surface area contributed by atoms with Crippen molar-refractivity contribution < 1.29 is 19.1 Å². The van der Waals surface area contributed by atoms with E-state index in [2.05, 4.69) is 5.32 Å². The zero-order valence-corrected chi connectivity index (χ0v) is 15.5. The molecule has 0 radical (unpaired) electrons. The van der Waals surface area contributed by atoms with E-state index in [1.54, 1.807) is 24.3 Å². The Bertz CT molecular complexity index is 987. The Balaban J connectivity index is 1.46. The summed E-state index contributed by atoms with van der Waals surface area (Å²) in [5.41, 5.74) is 1.49. The minimum absolute atomic E-state index is 0.287. The number of hydrogen-bond donors (Lipinski definition) is 1. The molecule has 0 aliphatic carbocycles. The lowest BCUT2D eigenvalue weighted by molar-refractivity contribution is -0.149. The van der Waals surface area contributed by atoms with Gasteiger partial charge in [0, 0.05) is 10.7 Å². The summed E-state index contributed by atoms with van der Waals surface area (Å²) in [5.74, 6) is -0.535. The van der Waals surface area contributed by atoms with E-state index in [9.17, 15) is 9.59 Å². The fourth-order valence-electron chi connectivity index (χ4n) is 2.50. The maximum Gasteiger partial charge on any atom is 0.344 e. The van der Waals surface area contributed by atoms with Crippen LogP contribution in [-0.2, 0) is 14.3 Å². The molecule has 0 aliphatic rings. The molecule has 138 valence electrons. The Morgan fingerprint density at radius 1 is 0.963 bits per heavy atom. The van der Waals surface area contributed by atoms with E-state index in [-0.39, 0.29) is 13.2 Å². The van der Waals surface area contributed by atoms with E-state index in [0.29, 0.717) is 16.5 Å². The molecule has 0 aliphatic heterocycles. The lowest BCUT2D eigenvalue weighted by Crippen LogP contribution is -2.23. The molecule has 0 saturated carbocycles. The number of amides is 1. The number of halogens is 1. The van der Waals surface area contributed by atoms with Crippen molar-refractivity contribution in [2.75, 3.05) is 18.5 Å². The SMILES string of the molecule is Cc1cc(OCC(=O)OCC(=O)Nc2ccc3ccccc3c2)ccc1Cl. The van der Waals surface area contributed by atoms with Gasteiger partial charge < -0.3 is 14.8 Å². The summed E-state index contributed by atoms with van der Waals surface area (Å²) in [6.45, 7) is 1.17. The Labute approximate surface area is 161 Å². The number of rotatable bonds is 6. The second-order valence-corrected chi connectivity index (χ2v) is 6.38. The third kappa shape index (κ3) is 5.21. The van der Waals surface area contributed by atoms with Crippen molar-refractivity contribution in [3.63, 3.8) is 0 Å². The van der Waals surface area contributed by atoms with Crippen LogP contribution in [0.4, 0.5) is 5.69 Å². The first kappa shape index (κ1) is 18.7. The Kier molecular flexibility index (Phi) is 5.94. The maximum absolute atomic E-state index is 12.0. The van der Waals surface area contributed by atoms with Crippen LogP contribution in [0.1, 0.15) is 5.56 Å². The Hall–Kier alpha value is -3.05. The van der Waals surface area contributed by atoms with E-state index in [4.69, 9.17) is 21.1 Å². The van der Waals surface area contributed by atoms with E-state index < -0.39 is 11.9 Å². The number of nitrogens with one attached hydrogen (secondary N) is 1. The summed E-state index contributed by atoms with van der Waals surface area (Å²) in [5, 5.41) is 5.42. The van der Waals surface area contributed by atoms with E-state index in [1.165, 1.54) is 0 Å². The van der Waals surface area contributed by atoms with Gasteiger partial charge in [-0.05, 0) is 53.6 Å². The van der Waals surface area contributed by atoms with Crippen molar-refractivity contribution in [2.45, 2.75) is 6.92 Å². The van der Waals surface area contributed by atoms with E-state index in [0.717, 1.165) is 16.3 Å². The lowest BCUT2D eigenvalue weighted by Gasteiger charge is -2.09. The predicted octanol–water partition coefficient (Wildman–Crippen LogP) is 4.36. The number of benzene rings is 3. The summed E-state index contributed by atoms with van der Waals surface area (Å²) in [7, 11) is 0. The highest BCUT2D eigenvalue weighted by molar-refractivity contribution is 6.31. The molecule has 0 aromatic heterocycles. The Morgan fingerprint density at radius 2 is 1.74 bits per heavy atom. The zero-order valence-electron chi connectivity index (χ0n) is 14.7. The molecule has 0 heterocycles. The van der Waals surface area contributed by atoms with Crippen molar-refractivity contribution in [3.05, 3.63) is 71.2 Å². The first-order valence-electron chi connectivity index (χ1n) is 8.34. The first-order valence-corrected chi connectivity index (χ1v) is 8.72. The van der Waals surface area contributed by atoms with Gasteiger partial charge in [0.25, 0.3) is 5.91 Å². The summed E-state index contributed by atoms with van der Waals surface area (Å²) >= 11 is 5.93. The molecule has 0 atom stereocenters. The van der Waals surface area contributed by atoms with Gasteiger partial charge in [-0.1, -0.05) is 41.9 Å². The normalized spacial score (nSPS) is 10.4. The number of fused-ring (bicyclic) bond motifs is 1.